The smallest absolute Gasteiger partial charge is 0.251 e. The van der Waals surface area contributed by atoms with Crippen LogP contribution in [0.25, 0.3) is 10.9 Å². The molecule has 130 valence electrons. The number of hydrogen-bond donors (Lipinski definition) is 0. The Hall–Kier alpha value is -2.55. The molecule has 0 spiro atoms. The first kappa shape index (κ1) is 17.3. The minimum absolute atomic E-state index is 0.0166. The highest BCUT2D eigenvalue weighted by atomic mass is 16.5. The molecule has 1 heterocycles. The van der Waals surface area contributed by atoms with Gasteiger partial charge in [-0.2, -0.15) is 0 Å². The number of pyridine rings is 1. The van der Waals surface area contributed by atoms with E-state index in [1.165, 1.54) is 5.56 Å². The van der Waals surface area contributed by atoms with E-state index in [0.29, 0.717) is 13.2 Å². The van der Waals surface area contributed by atoms with Crippen LogP contribution >= 0.6 is 0 Å². The quantitative estimate of drug-likeness (QED) is 0.693. The Morgan fingerprint density at radius 1 is 1.00 bits per heavy atom. The summed E-state index contributed by atoms with van der Waals surface area (Å²) >= 11 is 0. The van der Waals surface area contributed by atoms with Gasteiger partial charge >= 0.3 is 0 Å². The van der Waals surface area contributed by atoms with Crippen LogP contribution in [0.3, 0.4) is 0 Å². The van der Waals surface area contributed by atoms with Crippen molar-refractivity contribution >= 4 is 10.9 Å². The van der Waals surface area contributed by atoms with Gasteiger partial charge in [0.1, 0.15) is 12.4 Å². The summed E-state index contributed by atoms with van der Waals surface area (Å²) in [6.07, 6.45) is 0. The number of nitrogens with zero attached hydrogens (tertiary/aromatic N) is 1. The van der Waals surface area contributed by atoms with Crippen molar-refractivity contribution in [3.05, 3.63) is 76.1 Å². The average Bonchev–Trinajstić information content (AvgIpc) is 2.57. The van der Waals surface area contributed by atoms with E-state index in [1.807, 2.05) is 43.3 Å². The highest BCUT2D eigenvalue weighted by Gasteiger charge is 2.13. The monoisotopic (exact) mass is 335 g/mol. The number of para-hydroxylation sites is 1. The summed E-state index contributed by atoms with van der Waals surface area (Å²) < 4.78 is 7.64. The normalized spacial score (nSPS) is 11.7. The van der Waals surface area contributed by atoms with Crippen LogP contribution in [0.15, 0.2) is 59.4 Å². The highest BCUT2D eigenvalue weighted by molar-refractivity contribution is 5.82. The van der Waals surface area contributed by atoms with Gasteiger partial charge in [-0.1, -0.05) is 51.1 Å². The second-order valence-corrected chi connectivity index (χ2v) is 7.46. The molecule has 0 aliphatic heterocycles. The van der Waals surface area contributed by atoms with Gasteiger partial charge in [0, 0.05) is 11.5 Å². The van der Waals surface area contributed by atoms with Crippen LogP contribution in [0.5, 0.6) is 5.75 Å². The zero-order valence-corrected chi connectivity index (χ0v) is 15.4. The molecule has 0 unspecified atom stereocenters. The van der Waals surface area contributed by atoms with Gasteiger partial charge in [-0.3, -0.25) is 4.79 Å². The molecule has 0 saturated carbocycles. The van der Waals surface area contributed by atoms with E-state index in [-0.39, 0.29) is 11.0 Å². The summed E-state index contributed by atoms with van der Waals surface area (Å²) in [4.78, 5) is 12.4. The molecular formula is C22H25NO2. The first-order valence-corrected chi connectivity index (χ1v) is 8.69. The predicted octanol–water partition coefficient (Wildman–Crippen LogP) is 4.69. The number of aryl methyl sites for hydroxylation is 1. The maximum atomic E-state index is 12.4. The van der Waals surface area contributed by atoms with E-state index in [1.54, 1.807) is 10.6 Å². The number of hydrogen-bond acceptors (Lipinski definition) is 2. The first-order chi connectivity index (χ1) is 11.9. The molecule has 0 bridgehead atoms. The summed E-state index contributed by atoms with van der Waals surface area (Å²) in [5.74, 6) is 0.831. The average molecular weight is 335 g/mol. The van der Waals surface area contributed by atoms with Crippen molar-refractivity contribution in [2.45, 2.75) is 39.7 Å². The Morgan fingerprint density at radius 3 is 2.36 bits per heavy atom. The van der Waals surface area contributed by atoms with Gasteiger partial charge in [0.15, 0.2) is 0 Å². The number of fused-ring (bicyclic) bond motifs is 1. The summed E-state index contributed by atoms with van der Waals surface area (Å²) in [5.41, 5.74) is 3.39. The largest absolute Gasteiger partial charge is 0.492 e. The Morgan fingerprint density at radius 2 is 1.68 bits per heavy atom. The van der Waals surface area contributed by atoms with E-state index in [4.69, 9.17) is 4.74 Å². The second kappa shape index (κ2) is 6.75. The van der Waals surface area contributed by atoms with Gasteiger partial charge in [0.25, 0.3) is 5.56 Å². The second-order valence-electron chi connectivity index (χ2n) is 7.46. The summed E-state index contributed by atoms with van der Waals surface area (Å²) in [7, 11) is 0. The molecule has 0 radical (unpaired) electrons. The fourth-order valence-electron chi connectivity index (χ4n) is 3.04. The van der Waals surface area contributed by atoms with Crippen molar-refractivity contribution in [3.63, 3.8) is 0 Å². The molecule has 0 saturated heterocycles. The number of benzene rings is 2. The molecule has 3 rings (SSSR count). The van der Waals surface area contributed by atoms with E-state index < -0.39 is 0 Å². The third kappa shape index (κ3) is 3.76. The maximum Gasteiger partial charge on any atom is 0.251 e. The Kier molecular flexibility index (Phi) is 4.67. The van der Waals surface area contributed by atoms with Crippen LogP contribution in [0.2, 0.25) is 0 Å². The van der Waals surface area contributed by atoms with Crippen LogP contribution in [0.1, 0.15) is 31.9 Å². The van der Waals surface area contributed by atoms with Gasteiger partial charge in [-0.25, -0.2) is 0 Å². The zero-order valence-electron chi connectivity index (χ0n) is 15.4. The zero-order chi connectivity index (χ0) is 18.0. The fraction of sp³-hybridized carbons (Fsp3) is 0.318. The fourth-order valence-corrected chi connectivity index (χ4v) is 3.04. The molecule has 0 aliphatic rings. The van der Waals surface area contributed by atoms with Gasteiger partial charge in [-0.15, -0.1) is 0 Å². The van der Waals surface area contributed by atoms with Crippen LogP contribution in [-0.2, 0) is 12.0 Å². The number of ether oxygens (including phenoxy) is 1. The van der Waals surface area contributed by atoms with Crippen LogP contribution in [0, 0.1) is 6.92 Å². The Bertz CT molecular complexity index is 931. The van der Waals surface area contributed by atoms with Crippen LogP contribution in [-0.4, -0.2) is 11.2 Å². The summed E-state index contributed by atoms with van der Waals surface area (Å²) in [5, 5.41) is 1.11. The Labute approximate surface area is 148 Å². The van der Waals surface area contributed by atoms with Crippen LogP contribution in [0.4, 0.5) is 0 Å². The van der Waals surface area contributed by atoms with E-state index in [2.05, 4.69) is 32.9 Å². The lowest BCUT2D eigenvalue weighted by molar-refractivity contribution is 0.298. The molecule has 3 nitrogen and oxygen atoms in total. The van der Waals surface area contributed by atoms with Crippen molar-refractivity contribution < 1.29 is 4.74 Å². The van der Waals surface area contributed by atoms with Crippen molar-refractivity contribution in [3.8, 4) is 5.75 Å². The van der Waals surface area contributed by atoms with Crippen LogP contribution < -0.4 is 10.3 Å². The molecule has 0 N–H and O–H groups in total. The highest BCUT2D eigenvalue weighted by Crippen LogP contribution is 2.24. The molecule has 0 atom stereocenters. The SMILES string of the molecule is Cc1cc(=O)n(CCOc2ccc(C(C)(C)C)cc2)c2ccccc12. The van der Waals surface area contributed by atoms with Crippen molar-refractivity contribution in [2.24, 2.45) is 0 Å². The van der Waals surface area contributed by atoms with E-state index in [0.717, 1.165) is 22.2 Å². The first-order valence-electron chi connectivity index (χ1n) is 8.69. The molecule has 3 aromatic rings. The molecule has 0 aliphatic carbocycles. The van der Waals surface area contributed by atoms with Crippen molar-refractivity contribution in [1.29, 1.82) is 0 Å². The molecule has 2 aromatic carbocycles. The van der Waals surface area contributed by atoms with Gasteiger partial charge in [0.2, 0.25) is 0 Å². The standard InChI is InChI=1S/C22H25NO2/c1-16-15-21(24)23(20-8-6-5-7-19(16)20)13-14-25-18-11-9-17(10-12-18)22(2,3)4/h5-12,15H,13-14H2,1-4H3. The van der Waals surface area contributed by atoms with E-state index in [9.17, 15) is 4.79 Å². The van der Waals surface area contributed by atoms with Gasteiger partial charge in [-0.05, 0) is 41.7 Å². The molecule has 0 fully saturated rings. The maximum absolute atomic E-state index is 12.4. The molecular weight excluding hydrogens is 310 g/mol. The minimum atomic E-state index is 0.0166. The molecule has 3 heteroatoms. The Balaban J connectivity index is 1.75. The lowest BCUT2D eigenvalue weighted by Crippen LogP contribution is -2.23. The van der Waals surface area contributed by atoms with Gasteiger partial charge in [0.05, 0.1) is 12.1 Å². The third-order valence-corrected chi connectivity index (χ3v) is 4.53. The lowest BCUT2D eigenvalue weighted by atomic mass is 9.87. The van der Waals surface area contributed by atoms with Crippen molar-refractivity contribution in [1.82, 2.24) is 4.57 Å². The van der Waals surface area contributed by atoms with E-state index >= 15 is 0 Å². The number of aromatic nitrogens is 1. The third-order valence-electron chi connectivity index (χ3n) is 4.53. The molecule has 0 amide bonds. The lowest BCUT2D eigenvalue weighted by Gasteiger charge is -2.19. The van der Waals surface area contributed by atoms with Crippen molar-refractivity contribution in [2.75, 3.05) is 6.61 Å². The summed E-state index contributed by atoms with van der Waals surface area (Å²) in [6.45, 7) is 9.54. The number of rotatable bonds is 4. The minimum Gasteiger partial charge on any atom is -0.492 e. The van der Waals surface area contributed by atoms with Gasteiger partial charge < -0.3 is 9.30 Å². The summed E-state index contributed by atoms with van der Waals surface area (Å²) in [6, 6.07) is 17.9. The predicted molar refractivity (Wildman–Crippen MR) is 104 cm³/mol. The molecule has 25 heavy (non-hydrogen) atoms. The molecule has 1 aromatic heterocycles. The topological polar surface area (TPSA) is 31.2 Å².